The molecule has 1 rings (SSSR count). The molecule has 1 unspecified atom stereocenters. The quantitative estimate of drug-likeness (QED) is 0.692. The third-order valence-corrected chi connectivity index (χ3v) is 3.15. The number of ether oxygens (including phenoxy) is 2. The Hall–Kier alpha value is -0.850. The highest BCUT2D eigenvalue weighted by atomic mass is 16.6. The molecule has 0 saturated carbocycles. The van der Waals surface area contributed by atoms with Gasteiger partial charge in [-0.3, -0.25) is 0 Å². The minimum Gasteiger partial charge on any atom is -0.444 e. The van der Waals surface area contributed by atoms with E-state index in [4.69, 9.17) is 9.47 Å². The van der Waals surface area contributed by atoms with Crippen LogP contribution in [0.4, 0.5) is 4.79 Å². The first-order valence-electron chi connectivity index (χ1n) is 7.56. The molecule has 1 saturated heterocycles. The smallest absolute Gasteiger partial charge is 0.410 e. The Kier molecular flexibility index (Phi) is 6.43. The van der Waals surface area contributed by atoms with E-state index >= 15 is 0 Å². The van der Waals surface area contributed by atoms with E-state index in [1.165, 1.54) is 0 Å². The highest BCUT2D eigenvalue weighted by molar-refractivity contribution is 5.68. The van der Waals surface area contributed by atoms with Crippen LogP contribution in [0.2, 0.25) is 0 Å². The van der Waals surface area contributed by atoms with Crippen molar-refractivity contribution in [3.63, 3.8) is 0 Å². The molecule has 6 nitrogen and oxygen atoms in total. The van der Waals surface area contributed by atoms with E-state index in [1.54, 1.807) is 11.8 Å². The molecule has 1 heterocycles. The number of nitrogens with one attached hydrogen (secondary N) is 1. The van der Waals surface area contributed by atoms with Gasteiger partial charge < -0.3 is 24.8 Å². The summed E-state index contributed by atoms with van der Waals surface area (Å²) in [4.78, 5) is 13.6. The Morgan fingerprint density at radius 3 is 2.52 bits per heavy atom. The molecule has 1 atom stereocenters. The highest BCUT2D eigenvalue weighted by Crippen LogP contribution is 2.24. The molecule has 21 heavy (non-hydrogen) atoms. The first-order valence-corrected chi connectivity index (χ1v) is 7.56. The SMILES string of the molecule is CC(O)CN(CCNCC1(C)COC1)C(=O)OC(C)(C)C. The molecule has 0 aromatic rings. The van der Waals surface area contributed by atoms with Gasteiger partial charge in [-0.25, -0.2) is 4.79 Å². The van der Waals surface area contributed by atoms with Crippen LogP contribution in [0.15, 0.2) is 0 Å². The maximum absolute atomic E-state index is 12.1. The van der Waals surface area contributed by atoms with E-state index in [9.17, 15) is 9.90 Å². The molecule has 0 aromatic heterocycles. The zero-order valence-corrected chi connectivity index (χ0v) is 13.9. The highest BCUT2D eigenvalue weighted by Gasteiger charge is 2.32. The lowest BCUT2D eigenvalue weighted by atomic mass is 9.89. The van der Waals surface area contributed by atoms with Crippen molar-refractivity contribution in [1.29, 1.82) is 0 Å². The van der Waals surface area contributed by atoms with Gasteiger partial charge in [0.25, 0.3) is 0 Å². The molecular formula is C15H30N2O4. The minimum absolute atomic E-state index is 0.209. The van der Waals surface area contributed by atoms with Crippen molar-refractivity contribution in [2.24, 2.45) is 5.41 Å². The van der Waals surface area contributed by atoms with E-state index < -0.39 is 11.7 Å². The lowest BCUT2D eigenvalue weighted by molar-refractivity contribution is -0.0990. The van der Waals surface area contributed by atoms with Gasteiger partial charge in [-0.05, 0) is 27.7 Å². The standard InChI is InChI=1S/C15H30N2O4/c1-12(18)8-17(13(19)21-14(2,3)4)7-6-16-9-15(5)10-20-11-15/h12,16,18H,6-11H2,1-5H3. The van der Waals surface area contributed by atoms with Crippen molar-refractivity contribution >= 4 is 6.09 Å². The molecule has 0 spiro atoms. The first-order chi connectivity index (χ1) is 9.61. The van der Waals surface area contributed by atoms with Crippen LogP contribution >= 0.6 is 0 Å². The Morgan fingerprint density at radius 2 is 2.10 bits per heavy atom. The number of carbonyl (C=O) groups excluding carboxylic acids is 1. The fraction of sp³-hybridized carbons (Fsp3) is 0.933. The summed E-state index contributed by atoms with van der Waals surface area (Å²) in [7, 11) is 0. The van der Waals surface area contributed by atoms with Crippen LogP contribution < -0.4 is 5.32 Å². The monoisotopic (exact) mass is 302 g/mol. The number of hydrogen-bond acceptors (Lipinski definition) is 5. The second-order valence-electron chi connectivity index (χ2n) is 7.26. The number of rotatable bonds is 7. The van der Waals surface area contributed by atoms with Crippen molar-refractivity contribution in [3.05, 3.63) is 0 Å². The summed E-state index contributed by atoms with van der Waals surface area (Å²) in [5.74, 6) is 0. The lowest BCUT2D eigenvalue weighted by Gasteiger charge is -2.38. The van der Waals surface area contributed by atoms with E-state index in [1.807, 2.05) is 20.8 Å². The number of aliphatic hydroxyl groups excluding tert-OH is 1. The normalized spacial score (nSPS) is 18.8. The molecule has 1 aliphatic rings. The van der Waals surface area contributed by atoms with Crippen LogP contribution in [-0.4, -0.2) is 67.2 Å². The van der Waals surface area contributed by atoms with E-state index in [-0.39, 0.29) is 18.1 Å². The average molecular weight is 302 g/mol. The van der Waals surface area contributed by atoms with Crippen LogP contribution in [0.1, 0.15) is 34.6 Å². The van der Waals surface area contributed by atoms with Crippen molar-refractivity contribution < 1.29 is 19.4 Å². The molecule has 1 amide bonds. The lowest BCUT2D eigenvalue weighted by Crippen LogP contribution is -2.49. The van der Waals surface area contributed by atoms with Gasteiger partial charge in [-0.1, -0.05) is 6.92 Å². The average Bonchev–Trinajstić information content (AvgIpc) is 2.28. The van der Waals surface area contributed by atoms with Gasteiger partial charge in [0.05, 0.1) is 19.3 Å². The molecule has 1 aliphatic heterocycles. The minimum atomic E-state index is -0.574. The van der Waals surface area contributed by atoms with Gasteiger partial charge >= 0.3 is 6.09 Å². The van der Waals surface area contributed by atoms with E-state index in [2.05, 4.69) is 12.2 Å². The van der Waals surface area contributed by atoms with Crippen molar-refractivity contribution in [2.75, 3.05) is 39.4 Å². The molecule has 124 valence electrons. The Bertz CT molecular complexity index is 335. The third kappa shape index (κ3) is 7.11. The summed E-state index contributed by atoms with van der Waals surface area (Å²) in [6.07, 6.45) is -0.960. The van der Waals surface area contributed by atoms with Gasteiger partial charge in [0, 0.05) is 31.6 Å². The Labute approximate surface area is 127 Å². The molecule has 0 aromatic carbocycles. The Morgan fingerprint density at radius 1 is 1.48 bits per heavy atom. The molecule has 1 fully saturated rings. The maximum Gasteiger partial charge on any atom is 0.410 e. The van der Waals surface area contributed by atoms with Crippen LogP contribution in [0.25, 0.3) is 0 Å². The summed E-state index contributed by atoms with van der Waals surface area (Å²) in [5, 5.41) is 12.9. The Balaban J connectivity index is 2.36. The van der Waals surface area contributed by atoms with Gasteiger partial charge in [-0.15, -0.1) is 0 Å². The van der Waals surface area contributed by atoms with Gasteiger partial charge in [0.1, 0.15) is 5.60 Å². The summed E-state index contributed by atoms with van der Waals surface area (Å²) in [6.45, 7) is 13.2. The summed E-state index contributed by atoms with van der Waals surface area (Å²) in [6, 6.07) is 0. The summed E-state index contributed by atoms with van der Waals surface area (Å²) in [5.41, 5.74) is -0.320. The molecular weight excluding hydrogens is 272 g/mol. The van der Waals surface area contributed by atoms with Crippen LogP contribution in [0.3, 0.4) is 0 Å². The topological polar surface area (TPSA) is 71.0 Å². The molecule has 0 radical (unpaired) electrons. The van der Waals surface area contributed by atoms with Gasteiger partial charge in [0.15, 0.2) is 0 Å². The number of aliphatic hydroxyl groups is 1. The number of carbonyl (C=O) groups is 1. The maximum atomic E-state index is 12.1. The van der Waals surface area contributed by atoms with E-state index in [0.29, 0.717) is 13.1 Å². The fourth-order valence-corrected chi connectivity index (χ4v) is 2.06. The molecule has 0 bridgehead atoms. The van der Waals surface area contributed by atoms with Crippen molar-refractivity contribution in [3.8, 4) is 0 Å². The second-order valence-corrected chi connectivity index (χ2v) is 7.26. The van der Waals surface area contributed by atoms with Gasteiger partial charge in [0.2, 0.25) is 0 Å². The van der Waals surface area contributed by atoms with Crippen molar-refractivity contribution in [1.82, 2.24) is 10.2 Å². The van der Waals surface area contributed by atoms with Crippen LogP contribution in [0, 0.1) is 5.41 Å². The van der Waals surface area contributed by atoms with Gasteiger partial charge in [-0.2, -0.15) is 0 Å². The summed E-state index contributed by atoms with van der Waals surface area (Å²) < 4.78 is 10.6. The summed E-state index contributed by atoms with van der Waals surface area (Å²) >= 11 is 0. The fourth-order valence-electron chi connectivity index (χ4n) is 2.06. The zero-order valence-electron chi connectivity index (χ0n) is 13.9. The van der Waals surface area contributed by atoms with Crippen LogP contribution in [-0.2, 0) is 9.47 Å². The molecule has 6 heteroatoms. The third-order valence-electron chi connectivity index (χ3n) is 3.15. The number of nitrogens with zero attached hydrogens (tertiary/aromatic N) is 1. The predicted octanol–water partition coefficient (Wildman–Crippen LogP) is 1.23. The first kappa shape index (κ1) is 18.2. The number of hydrogen-bond donors (Lipinski definition) is 2. The second kappa shape index (κ2) is 7.42. The number of amides is 1. The zero-order chi connectivity index (χ0) is 16.1. The van der Waals surface area contributed by atoms with Crippen LogP contribution in [0.5, 0.6) is 0 Å². The molecule has 0 aliphatic carbocycles. The molecule has 2 N–H and O–H groups in total. The largest absolute Gasteiger partial charge is 0.444 e. The van der Waals surface area contributed by atoms with Crippen molar-refractivity contribution in [2.45, 2.75) is 46.3 Å². The van der Waals surface area contributed by atoms with E-state index in [0.717, 1.165) is 19.8 Å². The predicted molar refractivity (Wildman–Crippen MR) is 81.3 cm³/mol.